The molecule has 0 saturated carbocycles. The van der Waals surface area contributed by atoms with Gasteiger partial charge in [0.1, 0.15) is 12.3 Å². The van der Waals surface area contributed by atoms with Gasteiger partial charge in [0.05, 0.1) is 11.6 Å². The number of anilines is 1. The van der Waals surface area contributed by atoms with Crippen molar-refractivity contribution in [3.63, 3.8) is 0 Å². The van der Waals surface area contributed by atoms with E-state index in [9.17, 15) is 4.79 Å². The molecule has 0 bridgehead atoms. The quantitative estimate of drug-likeness (QED) is 0.869. The summed E-state index contributed by atoms with van der Waals surface area (Å²) in [6.45, 7) is 3.03. The lowest BCUT2D eigenvalue weighted by atomic mass is 10.2. The second-order valence-electron chi connectivity index (χ2n) is 4.66. The molecule has 1 amide bonds. The van der Waals surface area contributed by atoms with Crippen molar-refractivity contribution in [2.24, 2.45) is 0 Å². The summed E-state index contributed by atoms with van der Waals surface area (Å²) in [6.07, 6.45) is 4.66. The molecule has 5 nitrogen and oxygen atoms in total. The predicted octanol–water partition coefficient (Wildman–Crippen LogP) is 2.20. The van der Waals surface area contributed by atoms with Crippen molar-refractivity contribution < 1.29 is 9.53 Å². The van der Waals surface area contributed by atoms with Crippen LogP contribution in [0, 0.1) is 6.92 Å². The number of aryl methyl sites for hydroxylation is 2. The van der Waals surface area contributed by atoms with E-state index in [4.69, 9.17) is 4.74 Å². The van der Waals surface area contributed by atoms with Crippen molar-refractivity contribution in [1.29, 1.82) is 0 Å². The Morgan fingerprint density at radius 3 is 3.20 bits per heavy atom. The third-order valence-electron chi connectivity index (χ3n) is 3.15. The van der Waals surface area contributed by atoms with Gasteiger partial charge < -0.3 is 9.64 Å². The maximum absolute atomic E-state index is 12.4. The summed E-state index contributed by atoms with van der Waals surface area (Å²) >= 11 is 1.58. The van der Waals surface area contributed by atoms with Crippen LogP contribution in [0.3, 0.4) is 0 Å². The number of hydrogen-bond acceptors (Lipinski definition) is 5. The Morgan fingerprint density at radius 2 is 2.40 bits per heavy atom. The summed E-state index contributed by atoms with van der Waals surface area (Å²) in [5.74, 6) is 0.640. The number of rotatable bonds is 3. The topological polar surface area (TPSA) is 55.3 Å². The zero-order valence-corrected chi connectivity index (χ0v) is 12.0. The number of fused-ring (bicyclic) bond motifs is 1. The average molecular weight is 289 g/mol. The van der Waals surface area contributed by atoms with E-state index in [1.807, 2.05) is 18.4 Å². The highest BCUT2D eigenvalue weighted by atomic mass is 32.1. The van der Waals surface area contributed by atoms with Gasteiger partial charge in [-0.2, -0.15) is 0 Å². The lowest BCUT2D eigenvalue weighted by molar-refractivity contribution is -0.118. The van der Waals surface area contributed by atoms with Crippen LogP contribution in [0.1, 0.15) is 17.0 Å². The van der Waals surface area contributed by atoms with Crippen molar-refractivity contribution in [1.82, 2.24) is 9.97 Å². The largest absolute Gasteiger partial charge is 0.474 e. The molecule has 1 aliphatic heterocycles. The standard InChI is InChI=1S/C14H15N3O2S/c1-10-8-11-14(16-9-10)19-6-5-17(11)13(18)3-2-12-15-4-7-20-12/h4,7-9H,2-3,5-6H2,1H3. The van der Waals surface area contributed by atoms with Gasteiger partial charge in [-0.05, 0) is 18.6 Å². The zero-order chi connectivity index (χ0) is 13.9. The molecule has 1 aliphatic rings. The molecule has 20 heavy (non-hydrogen) atoms. The van der Waals surface area contributed by atoms with E-state index < -0.39 is 0 Å². The molecule has 0 radical (unpaired) electrons. The van der Waals surface area contributed by atoms with Crippen LogP contribution >= 0.6 is 11.3 Å². The fourth-order valence-electron chi connectivity index (χ4n) is 2.18. The molecular weight excluding hydrogens is 274 g/mol. The third kappa shape index (κ3) is 2.65. The Balaban J connectivity index is 1.74. The number of pyridine rings is 1. The maximum Gasteiger partial charge on any atom is 0.238 e. The molecule has 2 aromatic rings. The summed E-state index contributed by atoms with van der Waals surface area (Å²) in [5.41, 5.74) is 1.80. The highest BCUT2D eigenvalue weighted by Crippen LogP contribution is 2.30. The van der Waals surface area contributed by atoms with Gasteiger partial charge >= 0.3 is 0 Å². The van der Waals surface area contributed by atoms with Crippen molar-refractivity contribution in [3.05, 3.63) is 34.4 Å². The van der Waals surface area contributed by atoms with Gasteiger partial charge in [-0.1, -0.05) is 0 Å². The first kappa shape index (κ1) is 13.1. The predicted molar refractivity (Wildman–Crippen MR) is 77.3 cm³/mol. The van der Waals surface area contributed by atoms with Crippen molar-refractivity contribution in [3.8, 4) is 5.88 Å². The summed E-state index contributed by atoms with van der Waals surface area (Å²) in [7, 11) is 0. The molecule has 6 heteroatoms. The smallest absolute Gasteiger partial charge is 0.238 e. The number of thiazole rings is 1. The van der Waals surface area contributed by atoms with Gasteiger partial charge in [0, 0.05) is 30.6 Å². The Morgan fingerprint density at radius 1 is 1.50 bits per heavy atom. The average Bonchev–Trinajstić information content (AvgIpc) is 2.97. The summed E-state index contributed by atoms with van der Waals surface area (Å²) < 4.78 is 5.49. The fourth-order valence-corrected chi connectivity index (χ4v) is 2.80. The molecule has 2 aromatic heterocycles. The molecule has 0 fully saturated rings. The Labute approximate surface area is 121 Å². The zero-order valence-electron chi connectivity index (χ0n) is 11.2. The number of hydrogen-bond donors (Lipinski definition) is 0. The molecule has 0 aromatic carbocycles. The van der Waals surface area contributed by atoms with Crippen molar-refractivity contribution in [2.75, 3.05) is 18.1 Å². The van der Waals surface area contributed by atoms with Gasteiger partial charge in [0.2, 0.25) is 11.8 Å². The fraction of sp³-hybridized carbons (Fsp3) is 0.357. The van der Waals surface area contributed by atoms with Crippen LogP contribution in [0.15, 0.2) is 23.8 Å². The monoisotopic (exact) mass is 289 g/mol. The van der Waals surface area contributed by atoms with Crippen LogP contribution in [0.25, 0.3) is 0 Å². The van der Waals surface area contributed by atoms with E-state index in [0.717, 1.165) is 16.3 Å². The van der Waals surface area contributed by atoms with Gasteiger partial charge in [-0.3, -0.25) is 4.79 Å². The van der Waals surface area contributed by atoms with Gasteiger partial charge in [0.25, 0.3) is 0 Å². The van der Waals surface area contributed by atoms with E-state index in [-0.39, 0.29) is 5.91 Å². The molecule has 0 atom stereocenters. The number of amides is 1. The van der Waals surface area contributed by atoms with E-state index >= 15 is 0 Å². The van der Waals surface area contributed by atoms with E-state index in [1.54, 1.807) is 28.6 Å². The molecule has 0 aliphatic carbocycles. The van der Waals surface area contributed by atoms with Gasteiger partial charge in [0.15, 0.2) is 0 Å². The minimum Gasteiger partial charge on any atom is -0.474 e. The first-order valence-corrected chi connectivity index (χ1v) is 7.40. The number of carbonyl (C=O) groups is 1. The number of aromatic nitrogens is 2. The summed E-state index contributed by atoms with van der Waals surface area (Å²) in [4.78, 5) is 22.6. The number of ether oxygens (including phenoxy) is 1. The summed E-state index contributed by atoms with van der Waals surface area (Å²) in [6, 6.07) is 1.95. The van der Waals surface area contributed by atoms with Gasteiger partial charge in [-0.25, -0.2) is 9.97 Å². The summed E-state index contributed by atoms with van der Waals surface area (Å²) in [5, 5.41) is 2.92. The lowest BCUT2D eigenvalue weighted by Crippen LogP contribution is -2.38. The minimum atomic E-state index is 0.0946. The van der Waals surface area contributed by atoms with E-state index in [2.05, 4.69) is 9.97 Å². The lowest BCUT2D eigenvalue weighted by Gasteiger charge is -2.28. The van der Waals surface area contributed by atoms with Crippen LogP contribution in [0.5, 0.6) is 5.88 Å². The molecule has 0 unspecified atom stereocenters. The normalized spacial score (nSPS) is 13.8. The Bertz CT molecular complexity index is 613. The van der Waals surface area contributed by atoms with Crippen LogP contribution in [0.4, 0.5) is 5.69 Å². The van der Waals surface area contributed by atoms with E-state index in [1.165, 1.54) is 0 Å². The Hall–Kier alpha value is -1.95. The molecule has 3 heterocycles. The highest BCUT2D eigenvalue weighted by molar-refractivity contribution is 7.09. The van der Waals surface area contributed by atoms with Crippen molar-refractivity contribution >= 4 is 22.9 Å². The number of carbonyl (C=O) groups excluding carboxylic acids is 1. The molecule has 0 N–H and O–H groups in total. The molecule has 0 saturated heterocycles. The van der Waals surface area contributed by atoms with Gasteiger partial charge in [-0.15, -0.1) is 11.3 Å². The van der Waals surface area contributed by atoms with Crippen LogP contribution in [0.2, 0.25) is 0 Å². The van der Waals surface area contributed by atoms with Crippen molar-refractivity contribution in [2.45, 2.75) is 19.8 Å². The second-order valence-corrected chi connectivity index (χ2v) is 5.64. The highest BCUT2D eigenvalue weighted by Gasteiger charge is 2.24. The first-order valence-electron chi connectivity index (χ1n) is 6.52. The molecule has 104 valence electrons. The molecule has 0 spiro atoms. The number of nitrogens with zero attached hydrogens (tertiary/aromatic N) is 3. The van der Waals surface area contributed by atoms with Crippen LogP contribution in [-0.2, 0) is 11.2 Å². The molecule has 3 rings (SSSR count). The SMILES string of the molecule is Cc1cnc2c(c1)N(C(=O)CCc1nccs1)CCO2. The first-order chi connectivity index (χ1) is 9.74. The molecular formula is C14H15N3O2S. The maximum atomic E-state index is 12.4. The Kier molecular flexibility index (Phi) is 3.64. The van der Waals surface area contributed by atoms with E-state index in [0.29, 0.717) is 31.9 Å². The third-order valence-corrected chi connectivity index (χ3v) is 3.99. The minimum absolute atomic E-state index is 0.0946. The van der Waals surface area contributed by atoms with Crippen LogP contribution in [-0.4, -0.2) is 29.0 Å². The second kappa shape index (κ2) is 5.58. The van der Waals surface area contributed by atoms with Crippen LogP contribution < -0.4 is 9.64 Å².